The monoisotopic (exact) mass is 412 g/mol. The third-order valence-corrected chi connectivity index (χ3v) is 4.83. The standard InChI is InChI=1S/C26H24N2O3/c1-29-21-12-13-22(24(27)16-21)23-14-15-25(30-17-19-8-4-2-5-9-19)28-26(23)31-18-20-10-6-3-7-11-20/h2-16H,17-18,27H2,1H3. The quantitative estimate of drug-likeness (QED) is 0.387. The minimum atomic E-state index is 0.388. The van der Waals surface area contributed by atoms with Gasteiger partial charge in [0.2, 0.25) is 11.8 Å². The van der Waals surface area contributed by atoms with E-state index >= 15 is 0 Å². The summed E-state index contributed by atoms with van der Waals surface area (Å²) in [6, 6.07) is 29.2. The van der Waals surface area contributed by atoms with E-state index in [4.69, 9.17) is 19.9 Å². The van der Waals surface area contributed by atoms with Gasteiger partial charge in [-0.05, 0) is 29.3 Å². The summed E-state index contributed by atoms with van der Waals surface area (Å²) < 4.78 is 17.3. The van der Waals surface area contributed by atoms with Crippen LogP contribution in [0, 0.1) is 0 Å². The molecule has 0 aliphatic carbocycles. The Morgan fingerprint density at radius 2 is 1.32 bits per heavy atom. The van der Waals surface area contributed by atoms with Gasteiger partial charge in [-0.3, -0.25) is 0 Å². The SMILES string of the molecule is COc1ccc(-c2ccc(OCc3ccccc3)nc2OCc2ccccc2)c(N)c1. The molecule has 0 fully saturated rings. The van der Waals surface area contributed by atoms with Crippen LogP contribution in [0.1, 0.15) is 11.1 Å². The molecule has 0 amide bonds. The van der Waals surface area contributed by atoms with Crippen molar-refractivity contribution in [3.63, 3.8) is 0 Å². The highest BCUT2D eigenvalue weighted by Crippen LogP contribution is 2.36. The van der Waals surface area contributed by atoms with Crippen molar-refractivity contribution in [2.75, 3.05) is 12.8 Å². The second kappa shape index (κ2) is 9.67. The van der Waals surface area contributed by atoms with E-state index in [2.05, 4.69) is 4.98 Å². The fraction of sp³-hybridized carbons (Fsp3) is 0.115. The number of methoxy groups -OCH3 is 1. The van der Waals surface area contributed by atoms with Crippen LogP contribution in [-0.4, -0.2) is 12.1 Å². The van der Waals surface area contributed by atoms with E-state index in [0.717, 1.165) is 22.3 Å². The number of pyridine rings is 1. The molecule has 4 aromatic rings. The summed E-state index contributed by atoms with van der Waals surface area (Å²) in [5, 5.41) is 0. The van der Waals surface area contributed by atoms with E-state index in [1.807, 2.05) is 84.9 Å². The minimum Gasteiger partial charge on any atom is -0.497 e. The van der Waals surface area contributed by atoms with Gasteiger partial charge in [0.15, 0.2) is 0 Å². The molecule has 5 nitrogen and oxygen atoms in total. The van der Waals surface area contributed by atoms with Crippen molar-refractivity contribution >= 4 is 5.69 Å². The summed E-state index contributed by atoms with van der Waals surface area (Å²) in [5.74, 6) is 1.65. The first-order valence-corrected chi connectivity index (χ1v) is 10.0. The van der Waals surface area contributed by atoms with E-state index in [-0.39, 0.29) is 0 Å². The summed E-state index contributed by atoms with van der Waals surface area (Å²) in [6.45, 7) is 0.815. The summed E-state index contributed by atoms with van der Waals surface area (Å²) >= 11 is 0. The summed E-state index contributed by atoms with van der Waals surface area (Å²) in [7, 11) is 1.61. The van der Waals surface area contributed by atoms with Crippen molar-refractivity contribution in [1.29, 1.82) is 0 Å². The average molecular weight is 412 g/mol. The number of nitrogens with two attached hydrogens (primary N) is 1. The molecule has 1 aromatic heterocycles. The van der Waals surface area contributed by atoms with Crippen LogP contribution < -0.4 is 19.9 Å². The van der Waals surface area contributed by atoms with E-state index in [9.17, 15) is 0 Å². The first-order chi connectivity index (χ1) is 15.2. The van der Waals surface area contributed by atoms with Crippen LogP contribution in [0.2, 0.25) is 0 Å². The number of hydrogen-bond acceptors (Lipinski definition) is 5. The van der Waals surface area contributed by atoms with Crippen molar-refractivity contribution in [2.45, 2.75) is 13.2 Å². The molecule has 4 rings (SSSR count). The first-order valence-electron chi connectivity index (χ1n) is 10.0. The maximum absolute atomic E-state index is 6.28. The summed E-state index contributed by atoms with van der Waals surface area (Å²) in [4.78, 5) is 4.63. The van der Waals surface area contributed by atoms with Crippen molar-refractivity contribution in [3.05, 3.63) is 102 Å². The highest BCUT2D eigenvalue weighted by molar-refractivity contribution is 5.80. The van der Waals surface area contributed by atoms with Gasteiger partial charge in [0.05, 0.1) is 7.11 Å². The highest BCUT2D eigenvalue weighted by atomic mass is 16.5. The molecule has 0 radical (unpaired) electrons. The Hall–Kier alpha value is -3.99. The van der Waals surface area contributed by atoms with Gasteiger partial charge in [0.25, 0.3) is 0 Å². The maximum atomic E-state index is 6.28. The number of nitrogen functional groups attached to an aromatic ring is 1. The molecule has 0 spiro atoms. The lowest BCUT2D eigenvalue weighted by Crippen LogP contribution is -2.03. The fourth-order valence-electron chi connectivity index (χ4n) is 3.19. The number of hydrogen-bond donors (Lipinski definition) is 1. The van der Waals surface area contributed by atoms with E-state index < -0.39 is 0 Å². The van der Waals surface area contributed by atoms with Crippen LogP contribution >= 0.6 is 0 Å². The Labute approximate surface area is 182 Å². The van der Waals surface area contributed by atoms with Crippen LogP contribution in [-0.2, 0) is 13.2 Å². The molecule has 156 valence electrons. The molecule has 2 N–H and O–H groups in total. The zero-order valence-electron chi connectivity index (χ0n) is 17.3. The molecule has 0 aliphatic rings. The second-order valence-electron chi connectivity index (χ2n) is 7.00. The molecule has 0 bridgehead atoms. The lowest BCUT2D eigenvalue weighted by molar-refractivity contribution is 0.268. The second-order valence-corrected chi connectivity index (χ2v) is 7.00. The van der Waals surface area contributed by atoms with Gasteiger partial charge in [-0.25, -0.2) is 0 Å². The summed E-state index contributed by atoms with van der Waals surface area (Å²) in [5.41, 5.74) is 10.6. The largest absolute Gasteiger partial charge is 0.497 e. The Morgan fingerprint density at radius 1 is 0.710 bits per heavy atom. The van der Waals surface area contributed by atoms with Crippen molar-refractivity contribution < 1.29 is 14.2 Å². The van der Waals surface area contributed by atoms with Gasteiger partial charge >= 0.3 is 0 Å². The molecule has 0 atom stereocenters. The van der Waals surface area contributed by atoms with Crippen molar-refractivity contribution in [1.82, 2.24) is 4.98 Å². The van der Waals surface area contributed by atoms with E-state index in [1.165, 1.54) is 0 Å². The fourth-order valence-corrected chi connectivity index (χ4v) is 3.19. The third-order valence-electron chi connectivity index (χ3n) is 4.83. The van der Waals surface area contributed by atoms with Gasteiger partial charge in [-0.2, -0.15) is 4.98 Å². The van der Waals surface area contributed by atoms with Crippen LogP contribution in [0.25, 0.3) is 11.1 Å². The number of aromatic nitrogens is 1. The van der Waals surface area contributed by atoms with Gasteiger partial charge in [-0.1, -0.05) is 60.7 Å². The van der Waals surface area contributed by atoms with Crippen molar-refractivity contribution in [2.24, 2.45) is 0 Å². The number of ether oxygens (including phenoxy) is 3. The molecule has 1 heterocycles. The average Bonchev–Trinajstić information content (AvgIpc) is 2.83. The molecule has 31 heavy (non-hydrogen) atoms. The first kappa shape index (κ1) is 20.3. The van der Waals surface area contributed by atoms with E-state index in [1.54, 1.807) is 13.2 Å². The van der Waals surface area contributed by atoms with E-state index in [0.29, 0.717) is 36.4 Å². The zero-order valence-corrected chi connectivity index (χ0v) is 17.3. The molecular formula is C26H24N2O3. The Kier molecular flexibility index (Phi) is 6.33. The van der Waals surface area contributed by atoms with Crippen LogP contribution in [0.3, 0.4) is 0 Å². The summed E-state index contributed by atoms with van der Waals surface area (Å²) in [6.07, 6.45) is 0. The minimum absolute atomic E-state index is 0.388. The Morgan fingerprint density at radius 3 is 1.94 bits per heavy atom. The smallest absolute Gasteiger partial charge is 0.225 e. The third kappa shape index (κ3) is 5.14. The molecule has 0 saturated heterocycles. The number of rotatable bonds is 8. The van der Waals surface area contributed by atoms with Crippen molar-refractivity contribution in [3.8, 4) is 28.6 Å². The molecule has 0 aliphatic heterocycles. The molecule has 0 saturated carbocycles. The van der Waals surface area contributed by atoms with Gasteiger partial charge < -0.3 is 19.9 Å². The lowest BCUT2D eigenvalue weighted by Gasteiger charge is -2.15. The highest BCUT2D eigenvalue weighted by Gasteiger charge is 2.14. The number of benzene rings is 3. The predicted octanol–water partition coefficient (Wildman–Crippen LogP) is 5.50. The van der Waals surface area contributed by atoms with Gasteiger partial charge in [0.1, 0.15) is 19.0 Å². The van der Waals surface area contributed by atoms with Crippen LogP contribution in [0.5, 0.6) is 17.5 Å². The predicted molar refractivity (Wildman–Crippen MR) is 122 cm³/mol. The van der Waals surface area contributed by atoms with Gasteiger partial charge in [0, 0.05) is 28.9 Å². The molecular weight excluding hydrogens is 388 g/mol. The maximum Gasteiger partial charge on any atom is 0.225 e. The molecule has 3 aromatic carbocycles. The van der Waals surface area contributed by atoms with Crippen LogP contribution in [0.4, 0.5) is 5.69 Å². The van der Waals surface area contributed by atoms with Gasteiger partial charge in [-0.15, -0.1) is 0 Å². The molecule has 5 heteroatoms. The number of anilines is 1. The topological polar surface area (TPSA) is 66.6 Å². The normalized spacial score (nSPS) is 10.5. The Bertz CT molecular complexity index is 1130. The molecule has 0 unspecified atom stereocenters. The Balaban J connectivity index is 1.62. The zero-order chi connectivity index (χ0) is 21.5. The van der Waals surface area contributed by atoms with Crippen LogP contribution in [0.15, 0.2) is 91.0 Å². The number of nitrogens with zero attached hydrogens (tertiary/aromatic N) is 1. The lowest BCUT2D eigenvalue weighted by atomic mass is 10.0.